The first kappa shape index (κ1) is 14.3. The van der Waals surface area contributed by atoms with Crippen LogP contribution in [0.3, 0.4) is 0 Å². The molecule has 1 unspecified atom stereocenters. The van der Waals surface area contributed by atoms with Crippen LogP contribution in [0.5, 0.6) is 5.75 Å². The number of nitrogens with zero attached hydrogens (tertiary/aromatic N) is 1. The van der Waals surface area contributed by atoms with Crippen molar-refractivity contribution < 1.29 is 9.84 Å². The van der Waals surface area contributed by atoms with Crippen LogP contribution in [-0.2, 0) is 0 Å². The quantitative estimate of drug-likeness (QED) is 0.844. The minimum atomic E-state index is 0.204. The smallest absolute Gasteiger partial charge is 0.123 e. The number of hydrogen-bond acceptors (Lipinski definition) is 4. The van der Waals surface area contributed by atoms with Crippen molar-refractivity contribution in [2.24, 2.45) is 11.7 Å². The second-order valence-corrected chi connectivity index (χ2v) is 5.16. The number of benzene rings is 1. The van der Waals surface area contributed by atoms with Gasteiger partial charge < -0.3 is 15.6 Å². The molecule has 106 valence electrons. The third kappa shape index (κ3) is 3.26. The van der Waals surface area contributed by atoms with Gasteiger partial charge in [-0.1, -0.05) is 18.2 Å². The number of aliphatic hydroxyl groups is 1. The van der Waals surface area contributed by atoms with Crippen LogP contribution < -0.4 is 10.5 Å². The van der Waals surface area contributed by atoms with Gasteiger partial charge in [0.05, 0.1) is 13.2 Å². The molecule has 1 aromatic rings. The molecule has 3 N–H and O–H groups in total. The van der Waals surface area contributed by atoms with E-state index in [1.165, 1.54) is 0 Å². The van der Waals surface area contributed by atoms with E-state index in [-0.39, 0.29) is 6.04 Å². The lowest BCUT2D eigenvalue weighted by Crippen LogP contribution is -2.40. The fourth-order valence-corrected chi connectivity index (χ4v) is 2.86. The van der Waals surface area contributed by atoms with E-state index < -0.39 is 0 Å². The number of nitrogens with two attached hydrogens (primary N) is 1. The third-order valence-electron chi connectivity index (χ3n) is 4.07. The molecule has 1 saturated heterocycles. The summed E-state index contributed by atoms with van der Waals surface area (Å²) >= 11 is 0. The Bertz CT molecular complexity index is 389. The zero-order valence-electron chi connectivity index (χ0n) is 11.6. The van der Waals surface area contributed by atoms with Crippen molar-refractivity contribution in [2.75, 3.05) is 33.4 Å². The molecule has 2 rings (SSSR count). The monoisotopic (exact) mass is 264 g/mol. The molecular formula is C15H24N2O2. The first-order chi connectivity index (χ1) is 9.30. The van der Waals surface area contributed by atoms with Gasteiger partial charge in [-0.3, -0.25) is 4.90 Å². The van der Waals surface area contributed by atoms with Crippen molar-refractivity contribution in [3.05, 3.63) is 29.8 Å². The van der Waals surface area contributed by atoms with Gasteiger partial charge in [-0.2, -0.15) is 0 Å². The molecule has 1 aliphatic heterocycles. The first-order valence-corrected chi connectivity index (χ1v) is 6.98. The zero-order valence-corrected chi connectivity index (χ0v) is 11.6. The average Bonchev–Trinajstić information content (AvgIpc) is 2.49. The highest BCUT2D eigenvalue weighted by atomic mass is 16.5. The Morgan fingerprint density at radius 3 is 2.63 bits per heavy atom. The lowest BCUT2D eigenvalue weighted by atomic mass is 9.94. The van der Waals surface area contributed by atoms with E-state index in [0.29, 0.717) is 19.1 Å². The van der Waals surface area contributed by atoms with Crippen molar-refractivity contribution in [2.45, 2.75) is 18.9 Å². The predicted octanol–water partition coefficient (Wildman–Crippen LogP) is 1.40. The van der Waals surface area contributed by atoms with Crippen LogP contribution in [0.25, 0.3) is 0 Å². The Labute approximate surface area is 115 Å². The molecule has 4 nitrogen and oxygen atoms in total. The summed E-state index contributed by atoms with van der Waals surface area (Å²) in [7, 11) is 1.70. The molecule has 1 aliphatic rings. The average molecular weight is 264 g/mol. The summed E-state index contributed by atoms with van der Waals surface area (Å²) < 4.78 is 5.44. The minimum Gasteiger partial charge on any atom is -0.496 e. The summed E-state index contributed by atoms with van der Waals surface area (Å²) in [5.74, 6) is 1.36. The second kappa shape index (κ2) is 6.89. The summed E-state index contributed by atoms with van der Waals surface area (Å²) in [6.07, 6.45) is 2.09. The minimum absolute atomic E-state index is 0.204. The Balaban J connectivity index is 2.12. The topological polar surface area (TPSA) is 58.7 Å². The van der Waals surface area contributed by atoms with Crippen molar-refractivity contribution in [3.8, 4) is 5.75 Å². The number of likely N-dealkylation sites (tertiary alicyclic amines) is 1. The molecule has 0 amide bonds. The summed E-state index contributed by atoms with van der Waals surface area (Å²) in [5, 5.41) is 9.21. The molecule has 0 spiro atoms. The predicted molar refractivity (Wildman–Crippen MR) is 76.2 cm³/mol. The maximum atomic E-state index is 9.21. The zero-order chi connectivity index (χ0) is 13.7. The van der Waals surface area contributed by atoms with Gasteiger partial charge in [-0.25, -0.2) is 0 Å². The van der Waals surface area contributed by atoms with Crippen LogP contribution in [0.15, 0.2) is 24.3 Å². The Morgan fingerprint density at radius 2 is 2.05 bits per heavy atom. The number of methoxy groups -OCH3 is 1. The number of para-hydroxylation sites is 1. The summed E-state index contributed by atoms with van der Waals surface area (Å²) in [6.45, 7) is 2.87. The Hall–Kier alpha value is -1.10. The molecule has 0 aliphatic carbocycles. The van der Waals surface area contributed by atoms with Gasteiger partial charge in [0, 0.05) is 18.7 Å². The van der Waals surface area contributed by atoms with Crippen molar-refractivity contribution in [1.29, 1.82) is 0 Å². The summed E-state index contributed by atoms with van der Waals surface area (Å²) in [5.41, 5.74) is 7.14. The Kier molecular flexibility index (Phi) is 5.19. The van der Waals surface area contributed by atoms with E-state index in [1.54, 1.807) is 7.11 Å². The molecule has 1 aromatic carbocycles. The highest BCUT2D eigenvalue weighted by Gasteiger charge is 2.26. The number of ether oxygens (including phenoxy) is 1. The molecule has 0 radical (unpaired) electrons. The number of piperidine rings is 1. The van der Waals surface area contributed by atoms with Gasteiger partial charge >= 0.3 is 0 Å². The van der Waals surface area contributed by atoms with Crippen molar-refractivity contribution in [3.63, 3.8) is 0 Å². The van der Waals surface area contributed by atoms with Crippen molar-refractivity contribution >= 4 is 0 Å². The van der Waals surface area contributed by atoms with E-state index in [9.17, 15) is 5.11 Å². The number of aliphatic hydroxyl groups excluding tert-OH is 1. The van der Waals surface area contributed by atoms with Gasteiger partial charge in [-0.15, -0.1) is 0 Å². The molecular weight excluding hydrogens is 240 g/mol. The highest BCUT2D eigenvalue weighted by Crippen LogP contribution is 2.31. The fourth-order valence-electron chi connectivity index (χ4n) is 2.86. The van der Waals surface area contributed by atoms with Gasteiger partial charge in [0.1, 0.15) is 5.75 Å². The molecule has 19 heavy (non-hydrogen) atoms. The molecule has 1 heterocycles. The van der Waals surface area contributed by atoms with Gasteiger partial charge in [0.2, 0.25) is 0 Å². The molecule has 1 fully saturated rings. The van der Waals surface area contributed by atoms with Gasteiger partial charge in [-0.05, 0) is 37.9 Å². The summed E-state index contributed by atoms with van der Waals surface area (Å²) in [6, 6.07) is 8.29. The third-order valence-corrected chi connectivity index (χ3v) is 4.07. The fraction of sp³-hybridized carbons (Fsp3) is 0.600. The van der Waals surface area contributed by atoms with Crippen LogP contribution in [0.1, 0.15) is 24.4 Å². The maximum absolute atomic E-state index is 9.21. The lowest BCUT2D eigenvalue weighted by Gasteiger charge is -2.37. The van der Waals surface area contributed by atoms with Crippen LogP contribution >= 0.6 is 0 Å². The van der Waals surface area contributed by atoms with E-state index >= 15 is 0 Å². The number of hydrogen-bond donors (Lipinski definition) is 2. The highest BCUT2D eigenvalue weighted by molar-refractivity contribution is 5.36. The van der Waals surface area contributed by atoms with Crippen molar-refractivity contribution in [1.82, 2.24) is 4.90 Å². The SMILES string of the molecule is COc1ccccc1C(CN)N1CCC(CO)CC1. The molecule has 0 bridgehead atoms. The first-order valence-electron chi connectivity index (χ1n) is 6.98. The van der Waals surface area contributed by atoms with E-state index in [2.05, 4.69) is 11.0 Å². The largest absolute Gasteiger partial charge is 0.496 e. The van der Waals surface area contributed by atoms with E-state index in [1.807, 2.05) is 18.2 Å². The van der Waals surface area contributed by atoms with E-state index in [4.69, 9.17) is 10.5 Å². The standard InChI is InChI=1S/C15H24N2O2/c1-19-15-5-3-2-4-13(15)14(10-16)17-8-6-12(11-18)7-9-17/h2-5,12,14,18H,6-11,16H2,1H3. The molecule has 4 heteroatoms. The molecule has 1 atom stereocenters. The van der Waals surface area contributed by atoms with Crippen LogP contribution in [-0.4, -0.2) is 43.4 Å². The van der Waals surface area contributed by atoms with Crippen LogP contribution in [0, 0.1) is 5.92 Å². The van der Waals surface area contributed by atoms with Crippen LogP contribution in [0.4, 0.5) is 0 Å². The molecule has 0 aromatic heterocycles. The lowest BCUT2D eigenvalue weighted by molar-refractivity contribution is 0.101. The number of rotatable bonds is 5. The molecule has 0 saturated carbocycles. The van der Waals surface area contributed by atoms with E-state index in [0.717, 1.165) is 37.2 Å². The maximum Gasteiger partial charge on any atom is 0.123 e. The summed E-state index contributed by atoms with van der Waals surface area (Å²) in [4.78, 5) is 2.41. The normalized spacial score (nSPS) is 19.3. The Morgan fingerprint density at radius 1 is 1.37 bits per heavy atom. The second-order valence-electron chi connectivity index (χ2n) is 5.16. The van der Waals surface area contributed by atoms with Crippen LogP contribution in [0.2, 0.25) is 0 Å². The van der Waals surface area contributed by atoms with Gasteiger partial charge in [0.15, 0.2) is 0 Å². The van der Waals surface area contributed by atoms with Gasteiger partial charge in [0.25, 0.3) is 0 Å².